The van der Waals surface area contributed by atoms with E-state index in [9.17, 15) is 17.6 Å². The van der Waals surface area contributed by atoms with E-state index in [-0.39, 0.29) is 28.5 Å². The molecule has 1 aromatic heterocycles. The van der Waals surface area contributed by atoms with E-state index in [1.165, 1.54) is 12.1 Å². The predicted octanol–water partition coefficient (Wildman–Crippen LogP) is 4.61. The fourth-order valence-electron chi connectivity index (χ4n) is 1.88. The molecule has 2 N–H and O–H groups in total. The average Bonchev–Trinajstić information content (AvgIpc) is 3.26. The van der Waals surface area contributed by atoms with Crippen molar-refractivity contribution >= 4 is 29.1 Å². The number of halogens is 5. The highest BCUT2D eigenvalue weighted by Crippen LogP contribution is 2.33. The molecule has 1 heterocycles. The van der Waals surface area contributed by atoms with E-state index in [1.807, 2.05) is 0 Å². The molecule has 1 aromatic carbocycles. The summed E-state index contributed by atoms with van der Waals surface area (Å²) >= 11 is 5.86. The van der Waals surface area contributed by atoms with E-state index < -0.39 is 17.7 Å². The van der Waals surface area contributed by atoms with Gasteiger partial charge in [0.15, 0.2) is 5.69 Å². The van der Waals surface area contributed by atoms with Gasteiger partial charge >= 0.3 is 6.18 Å². The van der Waals surface area contributed by atoms with Gasteiger partial charge in [0.1, 0.15) is 11.6 Å². The average molecular weight is 347 g/mol. The molecule has 0 atom stereocenters. The number of alkyl halides is 3. The highest BCUT2D eigenvalue weighted by atomic mass is 35.5. The van der Waals surface area contributed by atoms with Crippen LogP contribution in [0.1, 0.15) is 18.5 Å². The second-order valence-corrected chi connectivity index (χ2v) is 5.51. The van der Waals surface area contributed by atoms with Crippen molar-refractivity contribution < 1.29 is 17.6 Å². The van der Waals surface area contributed by atoms with Crippen molar-refractivity contribution in [3.8, 4) is 0 Å². The molecule has 1 aliphatic carbocycles. The van der Waals surface area contributed by atoms with Gasteiger partial charge in [0.25, 0.3) is 0 Å². The van der Waals surface area contributed by atoms with Gasteiger partial charge in [-0.25, -0.2) is 9.37 Å². The molecule has 0 unspecified atom stereocenters. The lowest BCUT2D eigenvalue weighted by atomic mass is 10.3. The molecule has 0 bridgehead atoms. The van der Waals surface area contributed by atoms with E-state index in [0.29, 0.717) is 6.07 Å². The maximum atomic E-state index is 13.8. The second-order valence-electron chi connectivity index (χ2n) is 5.10. The van der Waals surface area contributed by atoms with Gasteiger partial charge < -0.3 is 10.6 Å². The molecular weight excluding hydrogens is 336 g/mol. The Kier molecular flexibility index (Phi) is 4.01. The fraction of sp³-hybridized carbons (Fsp3) is 0.286. The largest absolute Gasteiger partial charge is 0.433 e. The molecule has 9 heteroatoms. The van der Waals surface area contributed by atoms with E-state index in [0.717, 1.165) is 18.9 Å². The van der Waals surface area contributed by atoms with Gasteiger partial charge in [-0.05, 0) is 25.0 Å². The Morgan fingerprint density at radius 2 is 1.91 bits per heavy atom. The lowest BCUT2D eigenvalue weighted by Gasteiger charge is -2.13. The Bertz CT molecular complexity index is 711. The number of hydrogen-bond acceptors (Lipinski definition) is 4. The van der Waals surface area contributed by atoms with Crippen LogP contribution in [0, 0.1) is 5.82 Å². The molecule has 0 spiro atoms. The van der Waals surface area contributed by atoms with Crippen LogP contribution in [-0.4, -0.2) is 16.0 Å². The molecule has 0 saturated heterocycles. The van der Waals surface area contributed by atoms with E-state index >= 15 is 0 Å². The van der Waals surface area contributed by atoms with Crippen molar-refractivity contribution in [3.05, 3.63) is 40.8 Å². The van der Waals surface area contributed by atoms with Gasteiger partial charge in [-0.3, -0.25) is 0 Å². The summed E-state index contributed by atoms with van der Waals surface area (Å²) in [5.74, 6) is -1.04. The Morgan fingerprint density at radius 3 is 2.52 bits per heavy atom. The van der Waals surface area contributed by atoms with Crippen molar-refractivity contribution in [2.24, 2.45) is 0 Å². The smallest absolute Gasteiger partial charge is 0.351 e. The minimum absolute atomic E-state index is 0.0360. The first kappa shape index (κ1) is 15.8. The van der Waals surface area contributed by atoms with E-state index in [4.69, 9.17) is 11.6 Å². The highest BCUT2D eigenvalue weighted by Gasteiger charge is 2.34. The summed E-state index contributed by atoms with van der Waals surface area (Å²) in [5.41, 5.74) is -1.26. The molecule has 0 aliphatic heterocycles. The minimum Gasteiger partial charge on any atom is -0.351 e. The van der Waals surface area contributed by atoms with Crippen LogP contribution in [-0.2, 0) is 6.18 Å². The number of anilines is 3. The zero-order valence-electron chi connectivity index (χ0n) is 11.6. The lowest BCUT2D eigenvalue weighted by molar-refractivity contribution is -0.141. The van der Waals surface area contributed by atoms with Crippen LogP contribution in [0.25, 0.3) is 0 Å². The summed E-state index contributed by atoms with van der Waals surface area (Å²) in [5, 5.41) is 5.32. The van der Waals surface area contributed by atoms with Crippen LogP contribution in [0.2, 0.25) is 5.02 Å². The zero-order chi connectivity index (χ0) is 16.6. The summed E-state index contributed by atoms with van der Waals surface area (Å²) in [6.45, 7) is 0. The van der Waals surface area contributed by atoms with E-state index in [2.05, 4.69) is 20.6 Å². The fourth-order valence-corrected chi connectivity index (χ4v) is 2.09. The number of benzene rings is 1. The maximum absolute atomic E-state index is 13.8. The number of rotatable bonds is 4. The summed E-state index contributed by atoms with van der Waals surface area (Å²) in [4.78, 5) is 7.40. The first-order chi connectivity index (χ1) is 10.8. The Labute approximate surface area is 133 Å². The molecular formula is C14H11ClF4N4. The van der Waals surface area contributed by atoms with Gasteiger partial charge in [0.2, 0.25) is 5.95 Å². The van der Waals surface area contributed by atoms with Crippen LogP contribution in [0.3, 0.4) is 0 Å². The first-order valence-corrected chi connectivity index (χ1v) is 7.14. The predicted molar refractivity (Wildman–Crippen MR) is 78.4 cm³/mol. The third-order valence-electron chi connectivity index (χ3n) is 3.14. The normalized spacial score (nSPS) is 14.7. The number of hydrogen-bond donors (Lipinski definition) is 2. The Hall–Kier alpha value is -2.09. The number of aromatic nitrogens is 2. The molecule has 1 aliphatic rings. The first-order valence-electron chi connectivity index (χ1n) is 6.77. The van der Waals surface area contributed by atoms with Crippen LogP contribution < -0.4 is 10.6 Å². The third kappa shape index (κ3) is 3.82. The summed E-state index contributed by atoms with van der Waals surface area (Å²) < 4.78 is 52.6. The number of para-hydroxylation sites is 1. The topological polar surface area (TPSA) is 49.8 Å². The molecule has 2 aromatic rings. The number of nitrogens with zero attached hydrogens (tertiary/aromatic N) is 2. The zero-order valence-corrected chi connectivity index (χ0v) is 12.3. The van der Waals surface area contributed by atoms with Gasteiger partial charge in [0.05, 0.1) is 10.7 Å². The molecule has 4 nitrogen and oxygen atoms in total. The van der Waals surface area contributed by atoms with Crippen molar-refractivity contribution in [2.75, 3.05) is 10.6 Å². The molecule has 122 valence electrons. The standard InChI is InChI=1S/C14H11ClF4N4/c15-8-2-1-3-9(16)12(8)22-11-6-10(14(17,18)19)21-13(23-11)20-7-4-5-7/h1-3,6-7H,4-5H2,(H2,20,21,22,23). The molecule has 23 heavy (non-hydrogen) atoms. The number of nitrogens with one attached hydrogen (secondary N) is 2. The summed E-state index contributed by atoms with van der Waals surface area (Å²) in [7, 11) is 0. The maximum Gasteiger partial charge on any atom is 0.433 e. The van der Waals surface area contributed by atoms with Crippen molar-refractivity contribution in [3.63, 3.8) is 0 Å². The van der Waals surface area contributed by atoms with Crippen molar-refractivity contribution in [1.82, 2.24) is 9.97 Å². The lowest BCUT2D eigenvalue weighted by Crippen LogP contribution is -2.14. The van der Waals surface area contributed by atoms with Gasteiger partial charge in [-0.15, -0.1) is 0 Å². The highest BCUT2D eigenvalue weighted by molar-refractivity contribution is 6.33. The summed E-state index contributed by atoms with van der Waals surface area (Å²) in [6, 6.07) is 4.74. The molecule has 1 saturated carbocycles. The monoisotopic (exact) mass is 346 g/mol. The molecule has 3 rings (SSSR count). The molecule has 1 fully saturated rings. The van der Waals surface area contributed by atoms with Crippen LogP contribution in [0.5, 0.6) is 0 Å². The van der Waals surface area contributed by atoms with Gasteiger partial charge in [0, 0.05) is 12.1 Å². The molecule has 0 radical (unpaired) electrons. The SMILES string of the molecule is Fc1cccc(Cl)c1Nc1cc(C(F)(F)F)nc(NC2CC2)n1. The minimum atomic E-state index is -4.64. The second kappa shape index (κ2) is 5.84. The Balaban J connectivity index is 1.96. The Morgan fingerprint density at radius 1 is 1.17 bits per heavy atom. The van der Waals surface area contributed by atoms with Gasteiger partial charge in [-0.1, -0.05) is 17.7 Å². The summed E-state index contributed by atoms with van der Waals surface area (Å²) in [6.07, 6.45) is -2.94. The van der Waals surface area contributed by atoms with Gasteiger partial charge in [-0.2, -0.15) is 18.2 Å². The molecule has 0 amide bonds. The van der Waals surface area contributed by atoms with Crippen LogP contribution >= 0.6 is 11.6 Å². The van der Waals surface area contributed by atoms with Crippen molar-refractivity contribution in [2.45, 2.75) is 25.1 Å². The van der Waals surface area contributed by atoms with Crippen LogP contribution in [0.15, 0.2) is 24.3 Å². The quantitative estimate of drug-likeness (QED) is 0.794. The van der Waals surface area contributed by atoms with Crippen LogP contribution in [0.4, 0.5) is 35.0 Å². The van der Waals surface area contributed by atoms with Crippen molar-refractivity contribution in [1.29, 1.82) is 0 Å². The van der Waals surface area contributed by atoms with E-state index in [1.54, 1.807) is 0 Å². The third-order valence-corrected chi connectivity index (χ3v) is 3.46.